The maximum absolute atomic E-state index is 12.5. The predicted molar refractivity (Wildman–Crippen MR) is 108 cm³/mol. The minimum absolute atomic E-state index is 0.414. The highest BCUT2D eigenvalue weighted by molar-refractivity contribution is 5.86. The van der Waals surface area contributed by atoms with Gasteiger partial charge < -0.3 is 20.5 Å². The highest BCUT2D eigenvalue weighted by atomic mass is 16.2. The number of nitrogens with one attached hydrogen (secondary N) is 1. The van der Waals surface area contributed by atoms with Gasteiger partial charge in [0.2, 0.25) is 0 Å². The molecule has 2 aromatic heterocycles. The molecular formula is C20H25N5O2. The molecule has 0 radical (unpaired) electrons. The van der Waals surface area contributed by atoms with E-state index in [9.17, 15) is 9.59 Å². The van der Waals surface area contributed by atoms with Crippen LogP contribution in [0.5, 0.6) is 0 Å². The molecule has 0 fully saturated rings. The van der Waals surface area contributed by atoms with Crippen LogP contribution in [0.1, 0.15) is 5.56 Å². The topological polar surface area (TPSA) is 87.4 Å². The summed E-state index contributed by atoms with van der Waals surface area (Å²) >= 11 is 0. The van der Waals surface area contributed by atoms with Gasteiger partial charge in [-0.2, -0.15) is 0 Å². The zero-order chi connectivity index (χ0) is 19.6. The lowest BCUT2D eigenvalue weighted by Gasteiger charge is -2.19. The lowest BCUT2D eigenvalue weighted by atomic mass is 10.1. The average Bonchev–Trinajstić information content (AvgIpc) is 3.03. The molecule has 27 heavy (non-hydrogen) atoms. The summed E-state index contributed by atoms with van der Waals surface area (Å²) in [6.45, 7) is 2.84. The van der Waals surface area contributed by atoms with E-state index in [0.717, 1.165) is 35.1 Å². The normalized spacial score (nSPS) is 11.6. The Morgan fingerprint density at radius 2 is 1.93 bits per heavy atom. The number of benzene rings is 1. The van der Waals surface area contributed by atoms with Crippen LogP contribution in [0, 0.1) is 0 Å². The van der Waals surface area contributed by atoms with Gasteiger partial charge in [-0.05, 0) is 57.0 Å². The number of aromatic amines is 1. The molecule has 0 aliphatic heterocycles. The summed E-state index contributed by atoms with van der Waals surface area (Å²) < 4.78 is 0.909. The fourth-order valence-electron chi connectivity index (χ4n) is 3.06. The number of H-pyrrole nitrogens is 1. The van der Waals surface area contributed by atoms with Gasteiger partial charge in [-0.1, -0.05) is 6.07 Å². The van der Waals surface area contributed by atoms with Crippen molar-refractivity contribution in [1.82, 2.24) is 19.4 Å². The summed E-state index contributed by atoms with van der Waals surface area (Å²) in [5.41, 5.74) is 8.05. The van der Waals surface area contributed by atoms with Crippen LogP contribution in [0.3, 0.4) is 0 Å². The molecule has 0 saturated heterocycles. The third-order valence-electron chi connectivity index (χ3n) is 4.54. The number of hydrogen-bond acceptors (Lipinski definition) is 4. The smallest absolute Gasteiger partial charge is 0.325 e. The van der Waals surface area contributed by atoms with Crippen molar-refractivity contribution >= 4 is 16.9 Å². The number of aromatic nitrogens is 2. The molecule has 0 bridgehead atoms. The molecule has 142 valence electrons. The molecule has 0 unspecified atom stereocenters. The fourth-order valence-corrected chi connectivity index (χ4v) is 3.06. The molecule has 0 saturated carbocycles. The number of hydrogen-bond donors (Lipinski definition) is 2. The molecule has 0 spiro atoms. The van der Waals surface area contributed by atoms with Crippen LogP contribution >= 0.6 is 0 Å². The van der Waals surface area contributed by atoms with E-state index in [-0.39, 0.29) is 0 Å². The van der Waals surface area contributed by atoms with E-state index < -0.39 is 11.6 Å². The third kappa shape index (κ3) is 4.27. The molecule has 3 rings (SSSR count). The Morgan fingerprint density at radius 1 is 1.15 bits per heavy atom. The van der Waals surface area contributed by atoms with Crippen LogP contribution in [0.25, 0.3) is 22.2 Å². The number of nitrogens with two attached hydrogens (primary N) is 1. The first-order chi connectivity index (χ1) is 12.8. The second-order valence-electron chi connectivity index (χ2n) is 7.08. The fraction of sp³-hybridized carbons (Fsp3) is 0.300. The third-order valence-corrected chi connectivity index (χ3v) is 4.54. The quantitative estimate of drug-likeness (QED) is 0.697. The standard InChI is InChI=1S/C20H25N5O2/c1-23(2)9-10-24(3)13-14-6-7-17-15(11-14)12-18(22-17)16-5-4-8-25(19(16)26)20(21)27/h4-8,11-12,22H,9-10,13H2,1-3H3,(H2,21,27). The molecule has 0 aliphatic rings. The number of carbonyl (C=O) groups is 1. The van der Waals surface area contributed by atoms with Crippen molar-refractivity contribution in [2.24, 2.45) is 5.73 Å². The first kappa shape index (κ1) is 18.9. The minimum atomic E-state index is -0.791. The van der Waals surface area contributed by atoms with Crippen LogP contribution in [0.4, 0.5) is 4.79 Å². The Morgan fingerprint density at radius 3 is 2.63 bits per heavy atom. The lowest BCUT2D eigenvalue weighted by Crippen LogP contribution is -2.31. The van der Waals surface area contributed by atoms with Crippen molar-refractivity contribution in [1.29, 1.82) is 0 Å². The molecular weight excluding hydrogens is 342 g/mol. The number of likely N-dealkylation sites (N-methyl/N-ethyl adjacent to an activating group) is 2. The first-order valence-electron chi connectivity index (χ1n) is 8.82. The Hall–Kier alpha value is -2.90. The van der Waals surface area contributed by atoms with Gasteiger partial charge in [0.1, 0.15) is 0 Å². The maximum Gasteiger partial charge on any atom is 0.325 e. The van der Waals surface area contributed by atoms with E-state index in [4.69, 9.17) is 5.73 Å². The molecule has 0 aliphatic carbocycles. The highest BCUT2D eigenvalue weighted by Gasteiger charge is 2.12. The van der Waals surface area contributed by atoms with Crippen molar-refractivity contribution in [3.63, 3.8) is 0 Å². The van der Waals surface area contributed by atoms with Gasteiger partial charge in [-0.15, -0.1) is 0 Å². The predicted octanol–water partition coefficient (Wildman–Crippen LogP) is 1.92. The molecule has 2 heterocycles. The first-order valence-corrected chi connectivity index (χ1v) is 8.82. The van der Waals surface area contributed by atoms with Gasteiger partial charge in [0, 0.05) is 36.7 Å². The van der Waals surface area contributed by atoms with Crippen molar-refractivity contribution in [3.05, 3.63) is 58.5 Å². The largest absolute Gasteiger partial charge is 0.354 e. The molecule has 1 amide bonds. The van der Waals surface area contributed by atoms with Crippen molar-refractivity contribution in [2.45, 2.75) is 6.54 Å². The van der Waals surface area contributed by atoms with Crippen molar-refractivity contribution in [3.8, 4) is 11.3 Å². The molecule has 7 heteroatoms. The van der Waals surface area contributed by atoms with Gasteiger partial charge in [-0.25, -0.2) is 9.36 Å². The van der Waals surface area contributed by atoms with Gasteiger partial charge >= 0.3 is 6.03 Å². The van der Waals surface area contributed by atoms with Crippen molar-refractivity contribution < 1.29 is 4.79 Å². The molecule has 3 N–H and O–H groups in total. The number of nitrogens with zero attached hydrogens (tertiary/aromatic N) is 3. The van der Waals surface area contributed by atoms with Crippen molar-refractivity contribution in [2.75, 3.05) is 34.2 Å². The molecule has 3 aromatic rings. The van der Waals surface area contributed by atoms with Crippen LogP contribution in [-0.4, -0.2) is 59.6 Å². The van der Waals surface area contributed by atoms with E-state index in [1.54, 1.807) is 12.1 Å². The number of rotatable bonds is 6. The van der Waals surface area contributed by atoms with Crippen LogP contribution in [0.15, 0.2) is 47.4 Å². The Labute approximate surface area is 158 Å². The number of amides is 1. The summed E-state index contributed by atoms with van der Waals surface area (Å²) in [4.78, 5) is 31.5. The minimum Gasteiger partial charge on any atom is -0.354 e. The second-order valence-corrected chi connectivity index (χ2v) is 7.08. The van der Waals surface area contributed by atoms with Gasteiger partial charge in [0.05, 0.1) is 11.3 Å². The Bertz CT molecular complexity index is 1020. The summed E-state index contributed by atoms with van der Waals surface area (Å²) in [6.07, 6.45) is 1.37. The van der Waals surface area contributed by atoms with Gasteiger partial charge in [-0.3, -0.25) is 4.79 Å². The Kier molecular flexibility index (Phi) is 5.43. The van der Waals surface area contributed by atoms with E-state index in [1.807, 2.05) is 12.1 Å². The summed E-state index contributed by atoms with van der Waals surface area (Å²) in [5.74, 6) is 0. The molecule has 0 atom stereocenters. The lowest BCUT2D eigenvalue weighted by molar-refractivity contribution is 0.249. The molecule has 1 aromatic carbocycles. The summed E-state index contributed by atoms with van der Waals surface area (Å²) in [7, 11) is 6.24. The average molecular weight is 367 g/mol. The number of pyridine rings is 1. The van der Waals surface area contributed by atoms with Crippen LogP contribution < -0.4 is 11.3 Å². The zero-order valence-corrected chi connectivity index (χ0v) is 15.9. The van der Waals surface area contributed by atoms with E-state index in [2.05, 4.69) is 48.1 Å². The van der Waals surface area contributed by atoms with Crippen LogP contribution in [0.2, 0.25) is 0 Å². The highest BCUT2D eigenvalue weighted by Crippen LogP contribution is 2.23. The van der Waals surface area contributed by atoms with E-state index in [1.165, 1.54) is 11.8 Å². The van der Waals surface area contributed by atoms with E-state index in [0.29, 0.717) is 11.3 Å². The van der Waals surface area contributed by atoms with Gasteiger partial charge in [0.25, 0.3) is 5.56 Å². The van der Waals surface area contributed by atoms with Crippen LogP contribution in [-0.2, 0) is 6.54 Å². The summed E-state index contributed by atoms with van der Waals surface area (Å²) in [6, 6.07) is 10.7. The summed E-state index contributed by atoms with van der Waals surface area (Å²) in [5, 5.41) is 1.03. The monoisotopic (exact) mass is 367 g/mol. The Balaban J connectivity index is 1.88. The number of primary amides is 1. The zero-order valence-electron chi connectivity index (χ0n) is 15.9. The maximum atomic E-state index is 12.5. The SMILES string of the molecule is CN(C)CCN(C)Cc1ccc2[nH]c(-c3cccn(C(N)=O)c3=O)cc2c1. The van der Waals surface area contributed by atoms with Gasteiger partial charge in [0.15, 0.2) is 0 Å². The molecule has 7 nitrogen and oxygen atoms in total. The number of carbonyl (C=O) groups excluding carboxylic acids is 1. The number of fused-ring (bicyclic) bond motifs is 1. The van der Waals surface area contributed by atoms with E-state index >= 15 is 0 Å². The second kappa shape index (κ2) is 7.77.